The van der Waals surface area contributed by atoms with Crippen LogP contribution in [0.2, 0.25) is 0 Å². The van der Waals surface area contributed by atoms with E-state index in [2.05, 4.69) is 50.6 Å². The number of nitrogens with zero attached hydrogens (tertiary/aromatic N) is 3. The number of carbonyl (C=O) groups is 1. The van der Waals surface area contributed by atoms with E-state index in [0.717, 1.165) is 71.4 Å². The SMILES string of the molecule is CN(C)c1ccc(Nc2cc(N3CC[NH+](C4CCCCC4)CC3)c3noc4c3c2C(=O)c2ccccc2-4)cc1. The summed E-state index contributed by atoms with van der Waals surface area (Å²) < 4.78 is 6.00. The number of anilines is 4. The molecule has 200 valence electrons. The zero-order chi connectivity index (χ0) is 26.5. The second-order valence-electron chi connectivity index (χ2n) is 11.5. The first-order chi connectivity index (χ1) is 19.1. The number of piperazine rings is 1. The van der Waals surface area contributed by atoms with Gasteiger partial charge in [-0.15, -0.1) is 0 Å². The van der Waals surface area contributed by atoms with Crippen molar-refractivity contribution in [2.24, 2.45) is 0 Å². The lowest BCUT2D eigenvalue weighted by atomic mass is 9.86. The van der Waals surface area contributed by atoms with Gasteiger partial charge in [-0.3, -0.25) is 4.79 Å². The molecule has 1 aromatic heterocycles. The molecule has 0 radical (unpaired) electrons. The number of benzene rings is 3. The first-order valence-corrected chi connectivity index (χ1v) is 14.3. The van der Waals surface area contributed by atoms with Gasteiger partial charge < -0.3 is 24.5 Å². The van der Waals surface area contributed by atoms with Crippen molar-refractivity contribution in [2.75, 3.05) is 55.4 Å². The van der Waals surface area contributed by atoms with Gasteiger partial charge in [-0.05, 0) is 56.0 Å². The summed E-state index contributed by atoms with van der Waals surface area (Å²) in [6.45, 7) is 4.22. The smallest absolute Gasteiger partial charge is 0.196 e. The van der Waals surface area contributed by atoms with Gasteiger partial charge in [0.1, 0.15) is 5.52 Å². The van der Waals surface area contributed by atoms with Gasteiger partial charge in [-0.2, -0.15) is 0 Å². The molecule has 0 spiro atoms. The summed E-state index contributed by atoms with van der Waals surface area (Å²) in [5, 5.41) is 9.00. The summed E-state index contributed by atoms with van der Waals surface area (Å²) in [5.41, 5.74) is 6.84. The Morgan fingerprint density at radius 2 is 1.69 bits per heavy atom. The number of nitrogens with one attached hydrogen (secondary N) is 2. The molecular formula is C32H36N5O2+. The molecule has 3 aromatic carbocycles. The molecule has 4 aromatic rings. The Morgan fingerprint density at radius 1 is 0.974 bits per heavy atom. The highest BCUT2D eigenvalue weighted by atomic mass is 16.5. The fourth-order valence-corrected chi connectivity index (χ4v) is 6.83. The number of ketones is 1. The third-order valence-corrected chi connectivity index (χ3v) is 8.97. The maximum Gasteiger partial charge on any atom is 0.196 e. The minimum absolute atomic E-state index is 0.0109. The van der Waals surface area contributed by atoms with Crippen molar-refractivity contribution in [3.05, 3.63) is 65.7 Å². The highest BCUT2D eigenvalue weighted by Gasteiger charge is 2.35. The average molecular weight is 523 g/mol. The van der Waals surface area contributed by atoms with Crippen LogP contribution < -0.4 is 20.0 Å². The van der Waals surface area contributed by atoms with Crippen LogP contribution in [0.3, 0.4) is 0 Å². The maximum atomic E-state index is 13.9. The molecule has 1 aliphatic heterocycles. The lowest BCUT2D eigenvalue weighted by Gasteiger charge is -2.39. The number of fused-ring (bicyclic) bond motifs is 2. The minimum atomic E-state index is 0.0109. The Labute approximate surface area is 229 Å². The van der Waals surface area contributed by atoms with Crippen LogP contribution in [-0.2, 0) is 0 Å². The monoisotopic (exact) mass is 522 g/mol. The number of carbonyl (C=O) groups excluding carboxylic acids is 1. The summed E-state index contributed by atoms with van der Waals surface area (Å²) in [4.78, 5) is 20.2. The molecule has 1 saturated heterocycles. The first-order valence-electron chi connectivity index (χ1n) is 14.3. The van der Waals surface area contributed by atoms with Crippen LogP contribution in [0.25, 0.3) is 22.2 Å². The minimum Gasteiger partial charge on any atom is -0.378 e. The lowest BCUT2D eigenvalue weighted by Crippen LogP contribution is -3.18. The van der Waals surface area contributed by atoms with Gasteiger partial charge in [0.05, 0.1) is 54.5 Å². The van der Waals surface area contributed by atoms with Crippen molar-refractivity contribution >= 4 is 39.4 Å². The van der Waals surface area contributed by atoms with Gasteiger partial charge in [0, 0.05) is 36.6 Å². The second kappa shape index (κ2) is 9.72. The van der Waals surface area contributed by atoms with Crippen LogP contribution in [0.1, 0.15) is 48.0 Å². The molecule has 2 aliphatic carbocycles. The van der Waals surface area contributed by atoms with Crippen molar-refractivity contribution in [2.45, 2.75) is 38.1 Å². The Morgan fingerprint density at radius 3 is 2.41 bits per heavy atom. The molecule has 2 fully saturated rings. The number of hydrogen-bond donors (Lipinski definition) is 2. The molecular weight excluding hydrogens is 486 g/mol. The van der Waals surface area contributed by atoms with E-state index in [4.69, 9.17) is 4.52 Å². The predicted molar refractivity (Wildman–Crippen MR) is 157 cm³/mol. The molecule has 7 nitrogen and oxygen atoms in total. The normalized spacial score (nSPS) is 17.9. The maximum absolute atomic E-state index is 13.9. The summed E-state index contributed by atoms with van der Waals surface area (Å²) in [6, 6.07) is 18.9. The quantitative estimate of drug-likeness (QED) is 0.343. The summed E-state index contributed by atoms with van der Waals surface area (Å²) in [5.74, 6) is 0.700. The zero-order valence-corrected chi connectivity index (χ0v) is 22.8. The molecule has 0 amide bonds. The van der Waals surface area contributed by atoms with Crippen LogP contribution in [0.4, 0.5) is 22.7 Å². The number of hydrogen-bond acceptors (Lipinski definition) is 6. The standard InChI is InChI=1S/C32H35N5O2/c1-35(2)22-14-12-21(13-15-22)33-26-20-27(37-18-16-36(17-19-37)23-8-4-3-5-9-23)30-29-28(26)31(38)24-10-6-7-11-25(24)32(29)39-34-30/h6-7,10-15,20,23,33H,3-5,8-9,16-19H2,1-2H3/p+1. The van der Waals surface area contributed by atoms with Gasteiger partial charge in [0.25, 0.3) is 0 Å². The van der Waals surface area contributed by atoms with Crippen molar-refractivity contribution in [3.8, 4) is 11.3 Å². The van der Waals surface area contributed by atoms with Gasteiger partial charge in [-0.25, -0.2) is 0 Å². The third-order valence-electron chi connectivity index (χ3n) is 8.97. The van der Waals surface area contributed by atoms with E-state index in [9.17, 15) is 4.79 Å². The molecule has 0 atom stereocenters. The first kappa shape index (κ1) is 24.2. The molecule has 2 heterocycles. The number of rotatable bonds is 5. The summed E-state index contributed by atoms with van der Waals surface area (Å²) in [6.07, 6.45) is 6.87. The summed E-state index contributed by atoms with van der Waals surface area (Å²) >= 11 is 0. The van der Waals surface area contributed by atoms with Crippen LogP contribution in [0.5, 0.6) is 0 Å². The Hall–Kier alpha value is -3.84. The highest BCUT2D eigenvalue weighted by molar-refractivity contribution is 6.28. The second-order valence-corrected chi connectivity index (χ2v) is 11.5. The lowest BCUT2D eigenvalue weighted by molar-refractivity contribution is -0.927. The fourth-order valence-electron chi connectivity index (χ4n) is 6.83. The van der Waals surface area contributed by atoms with Crippen LogP contribution in [-0.4, -0.2) is 57.3 Å². The van der Waals surface area contributed by atoms with E-state index >= 15 is 0 Å². The Balaban J connectivity index is 1.30. The topological polar surface area (TPSA) is 66.1 Å². The average Bonchev–Trinajstić information content (AvgIpc) is 3.42. The molecule has 2 N–H and O–H groups in total. The fraction of sp³-hybridized carbons (Fsp3) is 0.375. The van der Waals surface area contributed by atoms with Crippen LogP contribution in [0.15, 0.2) is 59.1 Å². The molecule has 3 aliphatic rings. The van der Waals surface area contributed by atoms with E-state index in [-0.39, 0.29) is 5.78 Å². The van der Waals surface area contributed by atoms with Crippen molar-refractivity contribution in [1.29, 1.82) is 0 Å². The molecule has 39 heavy (non-hydrogen) atoms. The third kappa shape index (κ3) is 4.16. The van der Waals surface area contributed by atoms with E-state index < -0.39 is 0 Å². The molecule has 0 bridgehead atoms. The van der Waals surface area contributed by atoms with Crippen LogP contribution in [0, 0.1) is 0 Å². The molecule has 0 unspecified atom stereocenters. The van der Waals surface area contributed by atoms with Crippen molar-refractivity contribution in [1.82, 2.24) is 5.16 Å². The van der Waals surface area contributed by atoms with Gasteiger partial charge in [0.15, 0.2) is 11.5 Å². The Kier molecular flexibility index (Phi) is 6.04. The predicted octanol–water partition coefficient (Wildman–Crippen LogP) is 4.89. The number of quaternary nitrogens is 1. The molecule has 1 saturated carbocycles. The van der Waals surface area contributed by atoms with E-state index in [1.54, 1.807) is 4.90 Å². The van der Waals surface area contributed by atoms with E-state index in [0.29, 0.717) is 16.9 Å². The van der Waals surface area contributed by atoms with Crippen molar-refractivity contribution < 1.29 is 14.2 Å². The Bertz CT molecular complexity index is 1530. The zero-order valence-electron chi connectivity index (χ0n) is 22.8. The summed E-state index contributed by atoms with van der Waals surface area (Å²) in [7, 11) is 4.07. The molecule has 7 heteroatoms. The largest absolute Gasteiger partial charge is 0.378 e. The van der Waals surface area contributed by atoms with Gasteiger partial charge in [0.2, 0.25) is 0 Å². The molecule has 7 rings (SSSR count). The van der Waals surface area contributed by atoms with Gasteiger partial charge in [-0.1, -0.05) is 35.8 Å². The van der Waals surface area contributed by atoms with E-state index in [1.165, 1.54) is 32.1 Å². The highest BCUT2D eigenvalue weighted by Crippen LogP contribution is 2.46. The van der Waals surface area contributed by atoms with Gasteiger partial charge >= 0.3 is 0 Å². The van der Waals surface area contributed by atoms with E-state index in [1.807, 2.05) is 38.4 Å². The van der Waals surface area contributed by atoms with Crippen LogP contribution >= 0.6 is 0 Å². The number of aromatic nitrogens is 1. The van der Waals surface area contributed by atoms with Crippen molar-refractivity contribution in [3.63, 3.8) is 0 Å².